The molecule has 2 saturated heterocycles. The molecule has 0 saturated carbocycles. The van der Waals surface area contributed by atoms with E-state index < -0.39 is 93.6 Å². The summed E-state index contributed by atoms with van der Waals surface area (Å²) in [7, 11) is 0. The molecule has 41 nitrogen and oxygen atoms in total. The highest BCUT2D eigenvalue weighted by molar-refractivity contribution is 6.28. The summed E-state index contributed by atoms with van der Waals surface area (Å²) < 4.78 is 44.3. The molecule has 5 rings (SSSR count). The number of ether oxygens (including phenoxy) is 8. The maximum Gasteiger partial charge on any atom is 0.407 e. The van der Waals surface area contributed by atoms with E-state index in [0.717, 1.165) is 0 Å². The molecule has 0 unspecified atom stereocenters. The number of alkyl carbamates (subject to hydrolysis) is 8. The first-order valence-electron chi connectivity index (χ1n) is 42.8. The first-order valence-corrected chi connectivity index (χ1v) is 43.2. The Labute approximate surface area is 731 Å². The molecule has 2 aliphatic heterocycles. The fourth-order valence-corrected chi connectivity index (χ4v) is 12.1. The molecule has 123 heavy (non-hydrogen) atoms. The van der Waals surface area contributed by atoms with Crippen molar-refractivity contribution in [2.45, 2.75) is 287 Å². The fraction of sp³-hybridized carbons (Fsp3) is 0.790. The number of halogens is 1. The first-order chi connectivity index (χ1) is 57.1. The predicted molar refractivity (Wildman–Crippen MR) is 473 cm³/mol. The lowest BCUT2D eigenvalue weighted by atomic mass is 10.2. The average Bonchev–Trinajstić information content (AvgIpc) is 1.79. The third-order valence-electron chi connectivity index (χ3n) is 16.7. The Balaban J connectivity index is 1.52. The number of hydrogen-bond donors (Lipinski definition) is 10. The molecule has 0 aliphatic carbocycles. The minimum Gasteiger partial charge on any atom is -0.444 e. The Hall–Kier alpha value is -10.1. The van der Waals surface area contributed by atoms with Gasteiger partial charge in [-0.1, -0.05) is 0 Å². The van der Waals surface area contributed by atoms with Gasteiger partial charge in [-0.05, 0) is 242 Å². The van der Waals surface area contributed by atoms with Crippen molar-refractivity contribution < 1.29 is 76.3 Å². The second-order valence-corrected chi connectivity index (χ2v) is 38.4. The first kappa shape index (κ1) is 103. The van der Waals surface area contributed by atoms with Crippen LogP contribution in [-0.4, -0.2) is 281 Å². The molecule has 3 aromatic rings. The van der Waals surface area contributed by atoms with Gasteiger partial charge in [-0.15, -0.1) is 0 Å². The standard InChI is InChI=1S/C81H144ClN25O16/c1-74(2,3)116-66(108)83-35-25-43-102(44-26-36-84-67(109)117-75(4,5)6)60-96-61(103(45-27-37-85-68(110)118-76(7,8)9)46-28-38-86-69(111)119-77(10,11)12)99-64(98-60)106-51-33-55(53-106)91-58-93-57(82)94-59(95-58)92-56-34-52-107(54-56)65-100-62(104(47-29-39-87-70(112)120-78(13,14)15)48-30-40-88-71(113)121-79(16,17)18)97-63(101-65)105(49-31-41-89-72(114)122-80(19,20)21)50-32-42-90-73(115)123-81(22,23)24/h55-56H,25-54H2,1-24H3,(H,83,108)(H,84,109)(H,85,110)(H,86,111)(H,87,112)(H,88,113)(H,89,114)(H,90,115)(H2,91,92,93,94,95)/t55-,56-/m1/s1. The highest BCUT2D eigenvalue weighted by atomic mass is 35.5. The highest BCUT2D eigenvalue weighted by Crippen LogP contribution is 2.29. The van der Waals surface area contributed by atoms with Crippen molar-refractivity contribution in [1.29, 1.82) is 0 Å². The van der Waals surface area contributed by atoms with Crippen LogP contribution in [0.25, 0.3) is 0 Å². The maximum atomic E-state index is 12.9. The molecular weight excluding hydrogens is 1610 g/mol. The van der Waals surface area contributed by atoms with E-state index in [0.29, 0.717) is 178 Å². The summed E-state index contributed by atoms with van der Waals surface area (Å²) in [4.78, 5) is 160. The van der Waals surface area contributed by atoms with Gasteiger partial charge in [0.15, 0.2) is 0 Å². The summed E-state index contributed by atoms with van der Waals surface area (Å²) in [5, 5.41) is 29.7. The van der Waals surface area contributed by atoms with Crippen LogP contribution in [0.5, 0.6) is 0 Å². The SMILES string of the molecule is CC(C)(C)OC(=O)NCCCN(CCCNC(=O)OC(C)(C)C)c1nc(N(CCCNC(=O)OC(C)(C)C)CCCNC(=O)OC(C)(C)C)nc(N2CC[C@@H](Nc3nc(Cl)nc(N[C@@H]4CCN(c5nc(N(CCCNC(=O)OC(C)(C)C)CCCNC(=O)OC(C)(C)C)nc(N(CCCNC(=O)OC(C)(C)C)CCCNC(=O)OC(C)(C)C)n5)C4)n3)C2)n1. The van der Waals surface area contributed by atoms with Crippen LogP contribution >= 0.6 is 11.6 Å². The summed E-state index contributed by atoms with van der Waals surface area (Å²) in [5.41, 5.74) is -5.77. The number of aromatic nitrogens is 9. The van der Waals surface area contributed by atoms with Crippen LogP contribution < -0.4 is 82.6 Å². The summed E-state index contributed by atoms with van der Waals surface area (Å²) in [6.45, 7) is 49.3. The lowest BCUT2D eigenvalue weighted by Crippen LogP contribution is -2.38. The Bertz CT molecular complexity index is 3270. The van der Waals surface area contributed by atoms with E-state index in [1.165, 1.54) is 0 Å². The molecule has 8 amide bonds. The van der Waals surface area contributed by atoms with Crippen molar-refractivity contribution in [2.24, 2.45) is 0 Å². The average molecular weight is 1760 g/mol. The van der Waals surface area contributed by atoms with E-state index >= 15 is 0 Å². The van der Waals surface area contributed by atoms with E-state index in [4.69, 9.17) is 84.4 Å². The van der Waals surface area contributed by atoms with Crippen LogP contribution in [0.1, 0.15) is 230 Å². The van der Waals surface area contributed by atoms with E-state index in [2.05, 4.69) is 63.1 Å². The number of nitrogens with one attached hydrogen (secondary N) is 10. The van der Waals surface area contributed by atoms with Crippen LogP contribution in [0.3, 0.4) is 0 Å². The monoisotopic (exact) mass is 1760 g/mol. The van der Waals surface area contributed by atoms with Crippen LogP contribution in [0, 0.1) is 0 Å². The van der Waals surface area contributed by atoms with Gasteiger partial charge >= 0.3 is 48.7 Å². The second-order valence-electron chi connectivity index (χ2n) is 38.1. The Morgan fingerprint density at radius 3 is 0.642 bits per heavy atom. The normalized spacial score (nSPS) is 14.5. The van der Waals surface area contributed by atoms with Crippen molar-refractivity contribution in [3.63, 3.8) is 0 Å². The second kappa shape index (κ2) is 47.7. The number of amides is 8. The maximum absolute atomic E-state index is 12.9. The number of rotatable bonds is 42. The fourth-order valence-electron chi connectivity index (χ4n) is 11.9. The van der Waals surface area contributed by atoms with Crippen LogP contribution in [-0.2, 0) is 37.9 Å². The van der Waals surface area contributed by atoms with Gasteiger partial charge in [0.25, 0.3) is 0 Å². The Morgan fingerprint density at radius 1 is 0.293 bits per heavy atom. The van der Waals surface area contributed by atoms with Crippen molar-refractivity contribution in [3.05, 3.63) is 5.28 Å². The third-order valence-corrected chi connectivity index (χ3v) is 16.9. The summed E-state index contributed by atoms with van der Waals surface area (Å²) in [6, 6.07) is -0.581. The van der Waals surface area contributed by atoms with Crippen LogP contribution in [0.4, 0.5) is 85.9 Å². The largest absolute Gasteiger partial charge is 0.444 e. The summed E-state index contributed by atoms with van der Waals surface area (Å²) >= 11 is 6.80. The van der Waals surface area contributed by atoms with Gasteiger partial charge < -0.3 is 120 Å². The van der Waals surface area contributed by atoms with Gasteiger partial charge in [-0.25, -0.2) is 38.4 Å². The lowest BCUT2D eigenvalue weighted by Gasteiger charge is -2.29. The zero-order valence-electron chi connectivity index (χ0n) is 77.5. The Kier molecular flexibility index (Phi) is 40.1. The quantitative estimate of drug-likeness (QED) is 0.0186. The van der Waals surface area contributed by atoms with Gasteiger partial charge in [-0.2, -0.15) is 44.9 Å². The topological polar surface area (TPSA) is 466 Å². The number of nitrogens with zero attached hydrogens (tertiary/aromatic N) is 15. The van der Waals surface area contributed by atoms with Crippen molar-refractivity contribution in [1.82, 2.24) is 87.4 Å². The van der Waals surface area contributed by atoms with Crippen molar-refractivity contribution in [2.75, 3.05) is 171 Å². The van der Waals surface area contributed by atoms with Crippen molar-refractivity contribution >= 4 is 108 Å². The van der Waals surface area contributed by atoms with E-state index in [9.17, 15) is 38.4 Å². The number of carbonyl (C=O) groups excluding carboxylic acids is 8. The molecule has 42 heteroatoms. The minimum atomic E-state index is -0.721. The molecule has 2 fully saturated rings. The molecule has 0 spiro atoms. The summed E-state index contributed by atoms with van der Waals surface area (Å²) in [5.74, 6) is 2.31. The summed E-state index contributed by atoms with van der Waals surface area (Å²) in [6.07, 6.45) is 0.0755. The van der Waals surface area contributed by atoms with E-state index in [1.54, 1.807) is 166 Å². The predicted octanol–water partition coefficient (Wildman–Crippen LogP) is 10.8. The number of hydrogen-bond acceptors (Lipinski definition) is 33. The molecule has 0 radical (unpaired) electrons. The third kappa shape index (κ3) is 45.7. The van der Waals surface area contributed by atoms with Gasteiger partial charge in [0, 0.05) is 143 Å². The molecule has 10 N–H and O–H groups in total. The van der Waals surface area contributed by atoms with E-state index in [-0.39, 0.29) is 81.6 Å². The van der Waals surface area contributed by atoms with Crippen LogP contribution in [0.2, 0.25) is 5.28 Å². The van der Waals surface area contributed by atoms with Gasteiger partial charge in [0.1, 0.15) is 44.8 Å². The molecule has 0 bridgehead atoms. The molecule has 0 aromatic carbocycles. The molecule has 5 heterocycles. The van der Waals surface area contributed by atoms with Crippen molar-refractivity contribution in [3.8, 4) is 0 Å². The van der Waals surface area contributed by atoms with Crippen LogP contribution in [0.15, 0.2) is 0 Å². The minimum absolute atomic E-state index is 0.0751. The number of carbonyl (C=O) groups is 8. The van der Waals surface area contributed by atoms with Gasteiger partial charge in [0.2, 0.25) is 52.9 Å². The number of anilines is 8. The highest BCUT2D eigenvalue weighted by Gasteiger charge is 2.33. The zero-order valence-corrected chi connectivity index (χ0v) is 78.2. The molecule has 3 aromatic heterocycles. The smallest absolute Gasteiger partial charge is 0.407 e. The van der Waals surface area contributed by atoms with Gasteiger partial charge in [-0.3, -0.25) is 0 Å². The molecular formula is C81H144ClN25O16. The van der Waals surface area contributed by atoms with E-state index in [1.807, 2.05) is 29.4 Å². The molecule has 696 valence electrons. The lowest BCUT2D eigenvalue weighted by molar-refractivity contribution is 0.0515. The van der Waals surface area contributed by atoms with Gasteiger partial charge in [0.05, 0.1) is 0 Å². The molecule has 2 aliphatic rings. The molecule has 2 atom stereocenters. The Morgan fingerprint density at radius 2 is 0.472 bits per heavy atom. The zero-order chi connectivity index (χ0) is 91.7.